The van der Waals surface area contributed by atoms with Crippen molar-refractivity contribution in [2.24, 2.45) is 10.9 Å². The summed E-state index contributed by atoms with van der Waals surface area (Å²) in [6.45, 7) is 2.58. The molecule has 104 valence electrons. The number of nitrogens with two attached hydrogens (primary N) is 1. The van der Waals surface area contributed by atoms with Gasteiger partial charge in [-0.05, 0) is 43.3 Å². The zero-order valence-corrected chi connectivity index (χ0v) is 11.0. The molecule has 6 heteroatoms. The molecule has 0 aliphatic carbocycles. The number of hydrogen-bond donors (Lipinski definition) is 2. The molecular formula is C14H15FN4O. The zero-order chi connectivity index (χ0) is 14.5. The Kier molecular flexibility index (Phi) is 4.14. The Morgan fingerprint density at radius 2 is 2.05 bits per heavy atom. The van der Waals surface area contributed by atoms with Crippen LogP contribution in [0.1, 0.15) is 12.6 Å². The second-order valence-electron chi connectivity index (χ2n) is 4.08. The van der Waals surface area contributed by atoms with Crippen LogP contribution in [0.25, 0.3) is 0 Å². The third-order valence-electron chi connectivity index (χ3n) is 2.88. The number of rotatable bonds is 4. The van der Waals surface area contributed by atoms with E-state index in [-0.39, 0.29) is 11.7 Å². The molecule has 0 aliphatic heterocycles. The topological polar surface area (TPSA) is 74.7 Å². The van der Waals surface area contributed by atoms with Gasteiger partial charge in [-0.3, -0.25) is 4.98 Å². The van der Waals surface area contributed by atoms with E-state index < -0.39 is 0 Å². The number of pyridine rings is 1. The van der Waals surface area contributed by atoms with E-state index in [4.69, 9.17) is 10.9 Å². The van der Waals surface area contributed by atoms with Crippen molar-refractivity contribution in [1.82, 2.24) is 4.98 Å². The number of halogens is 1. The van der Waals surface area contributed by atoms with Crippen LogP contribution in [-0.4, -0.2) is 22.6 Å². The summed E-state index contributed by atoms with van der Waals surface area (Å²) in [6, 6.07) is 9.68. The predicted molar refractivity (Wildman–Crippen MR) is 75.8 cm³/mol. The fourth-order valence-electron chi connectivity index (χ4n) is 1.97. The van der Waals surface area contributed by atoms with Crippen molar-refractivity contribution in [3.63, 3.8) is 0 Å². The summed E-state index contributed by atoms with van der Waals surface area (Å²) in [5, 5.41) is 11.8. The number of amidine groups is 1. The van der Waals surface area contributed by atoms with Crippen LogP contribution >= 0.6 is 0 Å². The highest BCUT2D eigenvalue weighted by molar-refractivity contribution is 6.01. The molecule has 0 aliphatic rings. The second kappa shape index (κ2) is 6.01. The molecular weight excluding hydrogens is 259 g/mol. The lowest BCUT2D eigenvalue weighted by atomic mass is 10.2. The summed E-state index contributed by atoms with van der Waals surface area (Å²) in [5.74, 6) is -0.367. The maximum absolute atomic E-state index is 13.0. The molecule has 1 heterocycles. The molecule has 5 nitrogen and oxygen atoms in total. The normalized spacial score (nSPS) is 11.4. The number of nitrogens with zero attached hydrogens (tertiary/aromatic N) is 3. The molecule has 2 aromatic rings. The largest absolute Gasteiger partial charge is 0.409 e. The van der Waals surface area contributed by atoms with Crippen LogP contribution in [0.15, 0.2) is 47.8 Å². The van der Waals surface area contributed by atoms with E-state index >= 15 is 0 Å². The molecule has 20 heavy (non-hydrogen) atoms. The van der Waals surface area contributed by atoms with Gasteiger partial charge >= 0.3 is 0 Å². The highest BCUT2D eigenvalue weighted by atomic mass is 19.1. The molecule has 0 amide bonds. The lowest BCUT2D eigenvalue weighted by Gasteiger charge is -2.24. The molecule has 0 unspecified atom stereocenters. The molecule has 0 radical (unpaired) electrons. The van der Waals surface area contributed by atoms with Gasteiger partial charge in [-0.15, -0.1) is 0 Å². The van der Waals surface area contributed by atoms with Crippen molar-refractivity contribution < 1.29 is 9.60 Å². The smallest absolute Gasteiger partial charge is 0.190 e. The fraction of sp³-hybridized carbons (Fsp3) is 0.143. The van der Waals surface area contributed by atoms with Crippen molar-refractivity contribution in [3.05, 3.63) is 54.1 Å². The molecule has 0 fully saturated rings. The Hall–Kier alpha value is -2.63. The number of oxime groups is 1. The lowest BCUT2D eigenvalue weighted by Crippen LogP contribution is -2.23. The maximum atomic E-state index is 13.0. The summed E-state index contributed by atoms with van der Waals surface area (Å²) >= 11 is 0. The summed E-state index contributed by atoms with van der Waals surface area (Å²) in [5.41, 5.74) is 7.51. The Bertz CT molecular complexity index is 613. The van der Waals surface area contributed by atoms with Gasteiger partial charge in [0.25, 0.3) is 0 Å². The second-order valence-corrected chi connectivity index (χ2v) is 4.08. The van der Waals surface area contributed by atoms with Gasteiger partial charge in [0, 0.05) is 18.4 Å². The number of aromatic nitrogens is 1. The van der Waals surface area contributed by atoms with Gasteiger partial charge in [-0.25, -0.2) is 4.39 Å². The van der Waals surface area contributed by atoms with Crippen molar-refractivity contribution in [1.29, 1.82) is 0 Å². The molecule has 2 rings (SSSR count). The van der Waals surface area contributed by atoms with Gasteiger partial charge in [0.15, 0.2) is 5.84 Å². The number of hydrogen-bond acceptors (Lipinski definition) is 4. The van der Waals surface area contributed by atoms with Crippen molar-refractivity contribution in [3.8, 4) is 0 Å². The highest BCUT2D eigenvalue weighted by Gasteiger charge is 2.15. The Morgan fingerprint density at radius 3 is 2.65 bits per heavy atom. The van der Waals surface area contributed by atoms with Crippen LogP contribution in [0.3, 0.4) is 0 Å². The minimum Gasteiger partial charge on any atom is -0.409 e. The summed E-state index contributed by atoms with van der Waals surface area (Å²) in [4.78, 5) is 6.03. The number of anilines is 2. The van der Waals surface area contributed by atoms with E-state index in [1.165, 1.54) is 12.1 Å². The molecule has 1 aromatic carbocycles. The predicted octanol–water partition coefficient (Wildman–Crippen LogP) is 2.47. The highest BCUT2D eigenvalue weighted by Crippen LogP contribution is 2.27. The molecule has 3 N–H and O–H groups in total. The van der Waals surface area contributed by atoms with E-state index in [9.17, 15) is 4.39 Å². The lowest BCUT2D eigenvalue weighted by molar-refractivity contribution is 0.318. The van der Waals surface area contributed by atoms with Gasteiger partial charge in [0.2, 0.25) is 0 Å². The molecule has 0 saturated carbocycles. The minimum atomic E-state index is -0.298. The zero-order valence-electron chi connectivity index (χ0n) is 11.0. The van der Waals surface area contributed by atoms with Crippen LogP contribution < -0.4 is 10.6 Å². The van der Waals surface area contributed by atoms with Gasteiger partial charge in [0.1, 0.15) is 11.5 Å². The van der Waals surface area contributed by atoms with E-state index in [2.05, 4.69) is 10.1 Å². The first-order valence-electron chi connectivity index (χ1n) is 6.13. The van der Waals surface area contributed by atoms with Crippen molar-refractivity contribution in [2.45, 2.75) is 6.92 Å². The van der Waals surface area contributed by atoms with Crippen LogP contribution in [0, 0.1) is 5.82 Å². The monoisotopic (exact) mass is 274 g/mol. The van der Waals surface area contributed by atoms with Gasteiger partial charge in [0.05, 0.1) is 5.69 Å². The quantitative estimate of drug-likeness (QED) is 0.389. The van der Waals surface area contributed by atoms with Crippen molar-refractivity contribution >= 4 is 17.2 Å². The van der Waals surface area contributed by atoms with Crippen LogP contribution in [0.4, 0.5) is 15.8 Å². The van der Waals surface area contributed by atoms with Gasteiger partial charge < -0.3 is 15.8 Å². The van der Waals surface area contributed by atoms with Crippen LogP contribution in [0.2, 0.25) is 0 Å². The van der Waals surface area contributed by atoms with E-state index in [1.807, 2.05) is 17.9 Å². The molecule has 0 saturated heterocycles. The Labute approximate surface area is 116 Å². The van der Waals surface area contributed by atoms with Gasteiger partial charge in [-0.2, -0.15) is 0 Å². The third-order valence-corrected chi connectivity index (χ3v) is 2.88. The molecule has 0 bridgehead atoms. The Morgan fingerprint density at radius 1 is 1.35 bits per heavy atom. The van der Waals surface area contributed by atoms with Gasteiger partial charge in [-0.1, -0.05) is 5.16 Å². The maximum Gasteiger partial charge on any atom is 0.190 e. The minimum absolute atomic E-state index is 0.0684. The Balaban J connectivity index is 2.50. The first kappa shape index (κ1) is 13.8. The summed E-state index contributed by atoms with van der Waals surface area (Å²) < 4.78 is 13.0. The first-order valence-corrected chi connectivity index (χ1v) is 6.13. The SMILES string of the molecule is CCN(c1ccc(F)cc1)c1cccnc1/C(N)=N/O. The van der Waals surface area contributed by atoms with E-state index in [0.29, 0.717) is 17.9 Å². The molecule has 0 spiro atoms. The first-order chi connectivity index (χ1) is 9.67. The fourth-order valence-corrected chi connectivity index (χ4v) is 1.97. The third kappa shape index (κ3) is 2.69. The molecule has 0 atom stereocenters. The summed E-state index contributed by atoms with van der Waals surface area (Å²) in [6.07, 6.45) is 1.56. The summed E-state index contributed by atoms with van der Waals surface area (Å²) in [7, 11) is 0. The average Bonchev–Trinajstić information content (AvgIpc) is 2.49. The average molecular weight is 274 g/mol. The van der Waals surface area contributed by atoms with Crippen LogP contribution in [0.5, 0.6) is 0 Å². The van der Waals surface area contributed by atoms with E-state index in [1.54, 1.807) is 24.4 Å². The van der Waals surface area contributed by atoms with Crippen LogP contribution in [-0.2, 0) is 0 Å². The van der Waals surface area contributed by atoms with E-state index in [0.717, 1.165) is 5.69 Å². The number of benzene rings is 1. The standard InChI is InChI=1S/C14H15FN4O/c1-2-19(11-7-5-10(15)6-8-11)12-4-3-9-17-13(12)14(16)18-20/h3-9,20H,2H2,1H3,(H2,16,18). The molecule has 1 aromatic heterocycles. The van der Waals surface area contributed by atoms with Crippen molar-refractivity contribution in [2.75, 3.05) is 11.4 Å².